The van der Waals surface area contributed by atoms with Crippen molar-refractivity contribution in [3.05, 3.63) is 95.1 Å². The van der Waals surface area contributed by atoms with Crippen LogP contribution < -0.4 is 9.64 Å². The first kappa shape index (κ1) is 23.7. The Balaban J connectivity index is 1.51. The normalized spacial score (nSPS) is 17.6. The molecule has 1 atom stereocenters. The van der Waals surface area contributed by atoms with Gasteiger partial charge < -0.3 is 14.7 Å². The smallest absolute Gasteiger partial charge is 0.264 e. The molecular formula is C29H31NO4. The molecule has 1 unspecified atom stereocenters. The number of nitrogens with zero attached hydrogens (tertiary/aromatic N) is 1. The molecule has 0 fully saturated rings. The lowest BCUT2D eigenvalue weighted by Gasteiger charge is -2.23. The number of ether oxygens (including phenoxy) is 1. The third-order valence-electron chi connectivity index (χ3n) is 6.33. The maximum absolute atomic E-state index is 13.4. The number of hydrogen-bond donors (Lipinski definition) is 1. The van der Waals surface area contributed by atoms with Crippen LogP contribution in [0.4, 0.5) is 5.69 Å². The molecule has 0 saturated carbocycles. The van der Waals surface area contributed by atoms with Gasteiger partial charge in [-0.25, -0.2) is 0 Å². The van der Waals surface area contributed by atoms with Crippen LogP contribution in [0.3, 0.4) is 0 Å². The van der Waals surface area contributed by atoms with E-state index in [-0.39, 0.29) is 30.8 Å². The SMILES string of the molecule is Cc1ccc(OCCN2C(=O)C(O)(CC(=O)c3ccc(C(C)(C)C)cc3)c3ccccc32)cc1. The molecule has 34 heavy (non-hydrogen) atoms. The van der Waals surface area contributed by atoms with E-state index in [2.05, 4.69) is 20.8 Å². The first-order chi connectivity index (χ1) is 16.1. The quantitative estimate of drug-likeness (QED) is 0.497. The van der Waals surface area contributed by atoms with Crippen molar-refractivity contribution in [3.63, 3.8) is 0 Å². The largest absolute Gasteiger partial charge is 0.492 e. The van der Waals surface area contributed by atoms with Gasteiger partial charge in [0.1, 0.15) is 12.4 Å². The molecule has 0 aliphatic carbocycles. The lowest BCUT2D eigenvalue weighted by Crippen LogP contribution is -2.43. The van der Waals surface area contributed by atoms with Crippen LogP contribution in [0, 0.1) is 6.92 Å². The average Bonchev–Trinajstić information content (AvgIpc) is 3.02. The molecule has 1 aliphatic heterocycles. The van der Waals surface area contributed by atoms with E-state index >= 15 is 0 Å². The number of amides is 1. The number of benzene rings is 3. The van der Waals surface area contributed by atoms with Gasteiger partial charge in [-0.05, 0) is 36.1 Å². The first-order valence-corrected chi connectivity index (χ1v) is 11.6. The molecule has 3 aromatic rings. The van der Waals surface area contributed by atoms with Crippen molar-refractivity contribution in [3.8, 4) is 5.75 Å². The Bertz CT molecular complexity index is 1190. The van der Waals surface area contributed by atoms with Gasteiger partial charge >= 0.3 is 0 Å². The number of rotatable bonds is 7. The van der Waals surface area contributed by atoms with Crippen molar-refractivity contribution in [2.45, 2.75) is 45.1 Å². The molecule has 0 radical (unpaired) electrons. The fourth-order valence-corrected chi connectivity index (χ4v) is 4.28. The van der Waals surface area contributed by atoms with Crippen LogP contribution in [0.5, 0.6) is 5.75 Å². The zero-order valence-corrected chi connectivity index (χ0v) is 20.2. The van der Waals surface area contributed by atoms with Crippen molar-refractivity contribution >= 4 is 17.4 Å². The summed E-state index contributed by atoms with van der Waals surface area (Å²) >= 11 is 0. The fourth-order valence-electron chi connectivity index (χ4n) is 4.28. The topological polar surface area (TPSA) is 66.8 Å². The minimum absolute atomic E-state index is 0.0265. The Hall–Kier alpha value is -3.44. The van der Waals surface area contributed by atoms with Crippen LogP contribution in [-0.4, -0.2) is 29.9 Å². The maximum Gasteiger partial charge on any atom is 0.264 e. The summed E-state index contributed by atoms with van der Waals surface area (Å²) in [6, 6.07) is 22.2. The standard InChI is InChI=1S/C29H31NO4/c1-20-9-15-23(16-10-20)34-18-17-30-25-8-6-5-7-24(25)29(33,27(30)32)19-26(31)21-11-13-22(14-12-21)28(2,3)4/h5-16,33H,17-19H2,1-4H3. The highest BCUT2D eigenvalue weighted by atomic mass is 16.5. The van der Waals surface area contributed by atoms with E-state index in [0.29, 0.717) is 16.8 Å². The van der Waals surface area contributed by atoms with Gasteiger partial charge in [0.25, 0.3) is 5.91 Å². The summed E-state index contributed by atoms with van der Waals surface area (Å²) < 4.78 is 5.80. The van der Waals surface area contributed by atoms with Crippen molar-refractivity contribution < 1.29 is 19.4 Å². The Labute approximate surface area is 201 Å². The molecule has 1 aliphatic rings. The molecule has 3 aromatic carbocycles. The molecule has 0 aromatic heterocycles. The molecule has 4 rings (SSSR count). The number of para-hydroxylation sites is 1. The Morgan fingerprint density at radius 1 is 0.971 bits per heavy atom. The summed E-state index contributed by atoms with van der Waals surface area (Å²) in [5, 5.41) is 11.5. The number of carbonyl (C=O) groups is 2. The minimum Gasteiger partial charge on any atom is -0.492 e. The van der Waals surface area contributed by atoms with Crippen LogP contribution in [0.1, 0.15) is 54.2 Å². The van der Waals surface area contributed by atoms with Crippen LogP contribution in [0.2, 0.25) is 0 Å². The second-order valence-corrected chi connectivity index (χ2v) is 9.92. The molecular weight excluding hydrogens is 426 g/mol. The second-order valence-electron chi connectivity index (χ2n) is 9.92. The number of fused-ring (bicyclic) bond motifs is 1. The van der Waals surface area contributed by atoms with Gasteiger partial charge in [0.05, 0.1) is 18.7 Å². The summed E-state index contributed by atoms with van der Waals surface area (Å²) in [7, 11) is 0. The van der Waals surface area contributed by atoms with Crippen molar-refractivity contribution in [2.24, 2.45) is 0 Å². The molecule has 1 N–H and O–H groups in total. The Morgan fingerprint density at radius 3 is 2.26 bits per heavy atom. The summed E-state index contributed by atoms with van der Waals surface area (Å²) in [6.07, 6.45) is -0.312. The molecule has 5 heteroatoms. The number of aliphatic hydroxyl groups is 1. The fraction of sp³-hybridized carbons (Fsp3) is 0.310. The lowest BCUT2D eigenvalue weighted by atomic mass is 9.85. The Kier molecular flexibility index (Phi) is 6.32. The van der Waals surface area contributed by atoms with Gasteiger partial charge in [0.2, 0.25) is 0 Å². The summed E-state index contributed by atoms with van der Waals surface area (Å²) in [6.45, 7) is 8.86. The summed E-state index contributed by atoms with van der Waals surface area (Å²) in [5.74, 6) is -0.0561. The van der Waals surface area contributed by atoms with E-state index in [1.165, 1.54) is 4.90 Å². The molecule has 0 saturated heterocycles. The molecule has 1 amide bonds. The maximum atomic E-state index is 13.4. The first-order valence-electron chi connectivity index (χ1n) is 11.6. The number of anilines is 1. The third kappa shape index (κ3) is 4.62. The molecule has 0 spiro atoms. The number of aryl methyl sites for hydroxylation is 1. The molecule has 0 bridgehead atoms. The third-order valence-corrected chi connectivity index (χ3v) is 6.33. The van der Waals surface area contributed by atoms with Crippen molar-refractivity contribution in [1.29, 1.82) is 0 Å². The van der Waals surface area contributed by atoms with Crippen molar-refractivity contribution in [2.75, 3.05) is 18.1 Å². The predicted molar refractivity (Wildman–Crippen MR) is 133 cm³/mol. The Morgan fingerprint density at radius 2 is 1.62 bits per heavy atom. The van der Waals surface area contributed by atoms with Crippen LogP contribution in [0.15, 0.2) is 72.8 Å². The van der Waals surface area contributed by atoms with Crippen LogP contribution in [-0.2, 0) is 15.8 Å². The van der Waals surface area contributed by atoms with E-state index in [0.717, 1.165) is 16.9 Å². The number of hydrogen-bond acceptors (Lipinski definition) is 4. The number of Topliss-reactive ketones (excluding diaryl/α,β-unsaturated/α-hetero) is 1. The molecule has 176 valence electrons. The van der Waals surface area contributed by atoms with Gasteiger partial charge in [0, 0.05) is 11.1 Å². The molecule has 5 nitrogen and oxygen atoms in total. The highest BCUT2D eigenvalue weighted by Crippen LogP contribution is 2.42. The van der Waals surface area contributed by atoms with Gasteiger partial charge in [-0.2, -0.15) is 0 Å². The zero-order chi connectivity index (χ0) is 24.5. The summed E-state index contributed by atoms with van der Waals surface area (Å²) in [4.78, 5) is 28.0. The minimum atomic E-state index is -1.90. The van der Waals surface area contributed by atoms with E-state index in [4.69, 9.17) is 4.74 Å². The van der Waals surface area contributed by atoms with E-state index < -0.39 is 11.5 Å². The van der Waals surface area contributed by atoms with Gasteiger partial charge in [-0.1, -0.05) is 80.9 Å². The van der Waals surface area contributed by atoms with Crippen molar-refractivity contribution in [1.82, 2.24) is 0 Å². The predicted octanol–water partition coefficient (Wildman–Crippen LogP) is 5.18. The monoisotopic (exact) mass is 457 g/mol. The highest BCUT2D eigenvalue weighted by molar-refractivity contribution is 6.10. The van der Waals surface area contributed by atoms with E-state index in [1.807, 2.05) is 49.4 Å². The highest BCUT2D eigenvalue weighted by Gasteiger charge is 2.50. The number of carbonyl (C=O) groups excluding carboxylic acids is 2. The summed E-state index contributed by atoms with van der Waals surface area (Å²) in [5.41, 5.74) is 1.87. The van der Waals surface area contributed by atoms with E-state index in [9.17, 15) is 14.7 Å². The zero-order valence-electron chi connectivity index (χ0n) is 20.2. The van der Waals surface area contributed by atoms with Gasteiger partial charge in [-0.15, -0.1) is 0 Å². The van der Waals surface area contributed by atoms with Crippen LogP contribution in [0.25, 0.3) is 0 Å². The van der Waals surface area contributed by atoms with Gasteiger partial charge in [-0.3, -0.25) is 9.59 Å². The lowest BCUT2D eigenvalue weighted by molar-refractivity contribution is -0.135. The van der Waals surface area contributed by atoms with Gasteiger partial charge in [0.15, 0.2) is 11.4 Å². The number of ketones is 1. The van der Waals surface area contributed by atoms with Crippen LogP contribution >= 0.6 is 0 Å². The van der Waals surface area contributed by atoms with E-state index in [1.54, 1.807) is 30.3 Å². The average molecular weight is 458 g/mol. The second kappa shape index (κ2) is 9.07. The molecule has 1 heterocycles.